The number of pyridine rings is 1. The first-order valence-electron chi connectivity index (χ1n) is 8.53. The second kappa shape index (κ2) is 10.5. The van der Waals surface area contributed by atoms with Crippen molar-refractivity contribution in [2.45, 2.75) is 25.7 Å². The number of aromatic nitrogens is 3. The van der Waals surface area contributed by atoms with Crippen LogP contribution in [0.2, 0.25) is 0 Å². The van der Waals surface area contributed by atoms with Crippen LogP contribution in [0.25, 0.3) is 5.65 Å². The average molecular weight is 484 g/mol. The van der Waals surface area contributed by atoms with Crippen molar-refractivity contribution in [3.63, 3.8) is 0 Å². The molecule has 0 radical (unpaired) electrons. The summed E-state index contributed by atoms with van der Waals surface area (Å²) >= 11 is 1.74. The highest BCUT2D eigenvalue weighted by Crippen LogP contribution is 2.16. The number of nitrogens with one attached hydrogen (secondary N) is 2. The van der Waals surface area contributed by atoms with Crippen LogP contribution in [0.1, 0.15) is 30.7 Å². The van der Waals surface area contributed by atoms with Gasteiger partial charge in [-0.3, -0.25) is 9.39 Å². The average Bonchev–Trinajstić information content (AvgIpc) is 3.31. The third kappa shape index (κ3) is 5.41. The van der Waals surface area contributed by atoms with E-state index in [4.69, 9.17) is 0 Å². The zero-order valence-electron chi connectivity index (χ0n) is 15.1. The van der Waals surface area contributed by atoms with Crippen molar-refractivity contribution in [2.75, 3.05) is 20.1 Å². The van der Waals surface area contributed by atoms with Gasteiger partial charge in [-0.05, 0) is 46.9 Å². The molecule has 0 amide bonds. The maximum atomic E-state index is 4.29. The molecule has 0 spiro atoms. The fraction of sp³-hybridized carbons (Fsp3) is 0.389. The zero-order valence-corrected chi connectivity index (χ0v) is 18.2. The molecule has 0 bridgehead atoms. The Morgan fingerprint density at radius 2 is 2.15 bits per heavy atom. The fourth-order valence-corrected chi connectivity index (χ4v) is 3.44. The summed E-state index contributed by atoms with van der Waals surface area (Å²) in [7, 11) is 1.80. The first-order chi connectivity index (χ1) is 12.3. The highest BCUT2D eigenvalue weighted by atomic mass is 127. The van der Waals surface area contributed by atoms with Gasteiger partial charge in [0.2, 0.25) is 0 Å². The molecule has 0 saturated heterocycles. The Labute approximate surface area is 175 Å². The molecule has 3 rings (SSSR count). The molecule has 1 unspecified atom stereocenters. The van der Waals surface area contributed by atoms with Gasteiger partial charge in [-0.25, -0.2) is 0 Å². The molecule has 3 aromatic rings. The van der Waals surface area contributed by atoms with E-state index in [-0.39, 0.29) is 24.0 Å². The summed E-state index contributed by atoms with van der Waals surface area (Å²) in [5.41, 5.74) is 2.26. The first-order valence-corrected chi connectivity index (χ1v) is 9.47. The number of hydrogen-bond acceptors (Lipinski definition) is 4. The van der Waals surface area contributed by atoms with Crippen molar-refractivity contribution < 1.29 is 0 Å². The molecule has 2 N–H and O–H groups in total. The van der Waals surface area contributed by atoms with Crippen LogP contribution in [0.3, 0.4) is 0 Å². The van der Waals surface area contributed by atoms with E-state index in [0.29, 0.717) is 5.92 Å². The van der Waals surface area contributed by atoms with Crippen molar-refractivity contribution in [1.82, 2.24) is 25.2 Å². The third-order valence-corrected chi connectivity index (χ3v) is 4.87. The van der Waals surface area contributed by atoms with E-state index in [9.17, 15) is 0 Å². The van der Waals surface area contributed by atoms with Gasteiger partial charge in [-0.1, -0.05) is 13.0 Å². The number of aliphatic imine (C=N–C) groups is 1. The lowest BCUT2D eigenvalue weighted by Crippen LogP contribution is -2.39. The molecule has 3 heterocycles. The molecule has 0 fully saturated rings. The van der Waals surface area contributed by atoms with Crippen molar-refractivity contribution in [2.24, 2.45) is 4.99 Å². The molecule has 0 aliphatic rings. The molecule has 1 atom stereocenters. The highest BCUT2D eigenvalue weighted by molar-refractivity contribution is 14.0. The van der Waals surface area contributed by atoms with Gasteiger partial charge in [0.05, 0.1) is 0 Å². The number of nitrogens with zero attached hydrogens (tertiary/aromatic N) is 4. The van der Waals surface area contributed by atoms with Gasteiger partial charge in [-0.15, -0.1) is 34.2 Å². The molecular formula is C18H25IN6S. The standard InChI is InChI=1S/C18H24N6S.HI/c1-14(15-8-11-25-13-15)12-21-18(19-2)20-9-5-7-17-23-22-16-6-3-4-10-24(16)17;/h3-4,6,8,10-11,13-14H,5,7,9,12H2,1-2H3,(H2,19,20,21);1H. The van der Waals surface area contributed by atoms with Crippen LogP contribution in [0, 0.1) is 0 Å². The van der Waals surface area contributed by atoms with Gasteiger partial charge in [-0.2, -0.15) is 11.3 Å². The molecule has 8 heteroatoms. The highest BCUT2D eigenvalue weighted by Gasteiger charge is 2.07. The van der Waals surface area contributed by atoms with Crippen LogP contribution in [-0.2, 0) is 6.42 Å². The van der Waals surface area contributed by atoms with Gasteiger partial charge < -0.3 is 10.6 Å². The minimum atomic E-state index is 0. The number of aryl methyl sites for hydroxylation is 1. The second-order valence-corrected chi connectivity index (χ2v) is 6.77. The normalized spacial score (nSPS) is 12.6. The van der Waals surface area contributed by atoms with Crippen molar-refractivity contribution >= 4 is 46.9 Å². The fourth-order valence-electron chi connectivity index (χ4n) is 2.66. The van der Waals surface area contributed by atoms with Gasteiger partial charge in [0.15, 0.2) is 11.6 Å². The maximum absolute atomic E-state index is 4.29. The number of thiophene rings is 1. The minimum Gasteiger partial charge on any atom is -0.356 e. The van der Waals surface area contributed by atoms with Crippen LogP contribution in [-0.4, -0.2) is 40.7 Å². The Balaban J connectivity index is 0.00000243. The molecule has 0 saturated carbocycles. The van der Waals surface area contributed by atoms with Crippen LogP contribution in [0.5, 0.6) is 0 Å². The third-order valence-electron chi connectivity index (χ3n) is 4.17. The van der Waals surface area contributed by atoms with E-state index in [1.807, 2.05) is 28.8 Å². The number of rotatable bonds is 7. The lowest BCUT2D eigenvalue weighted by atomic mass is 10.1. The van der Waals surface area contributed by atoms with Crippen molar-refractivity contribution in [3.8, 4) is 0 Å². The summed E-state index contributed by atoms with van der Waals surface area (Å²) in [5, 5.41) is 19.5. The molecule has 0 aliphatic carbocycles. The van der Waals surface area contributed by atoms with E-state index < -0.39 is 0 Å². The smallest absolute Gasteiger partial charge is 0.190 e. The molecule has 140 valence electrons. The predicted octanol–water partition coefficient (Wildman–Crippen LogP) is 3.31. The first kappa shape index (κ1) is 20.6. The lowest BCUT2D eigenvalue weighted by Gasteiger charge is -2.15. The van der Waals surface area contributed by atoms with Crippen molar-refractivity contribution in [3.05, 3.63) is 52.6 Å². The van der Waals surface area contributed by atoms with Crippen LogP contribution < -0.4 is 10.6 Å². The number of halogens is 1. The van der Waals surface area contributed by atoms with Crippen LogP contribution in [0.4, 0.5) is 0 Å². The molecule has 0 aromatic carbocycles. The van der Waals surface area contributed by atoms with Crippen LogP contribution in [0.15, 0.2) is 46.2 Å². The van der Waals surface area contributed by atoms with Gasteiger partial charge in [0, 0.05) is 32.8 Å². The van der Waals surface area contributed by atoms with Gasteiger partial charge >= 0.3 is 0 Å². The topological polar surface area (TPSA) is 66.6 Å². The quantitative estimate of drug-likeness (QED) is 0.234. The molecule has 26 heavy (non-hydrogen) atoms. The monoisotopic (exact) mass is 484 g/mol. The van der Waals surface area contributed by atoms with Gasteiger partial charge in [0.25, 0.3) is 0 Å². The summed E-state index contributed by atoms with van der Waals surface area (Å²) in [6.45, 7) is 3.93. The SMILES string of the molecule is CN=C(NCCCc1nnc2ccccn12)NCC(C)c1ccsc1.I. The predicted molar refractivity (Wildman–Crippen MR) is 119 cm³/mol. The lowest BCUT2D eigenvalue weighted by molar-refractivity contribution is 0.682. The zero-order chi connectivity index (χ0) is 17.5. The van der Waals surface area contributed by atoms with Crippen LogP contribution >= 0.6 is 35.3 Å². The Morgan fingerprint density at radius 1 is 1.27 bits per heavy atom. The number of guanidine groups is 1. The maximum Gasteiger partial charge on any atom is 0.190 e. The Bertz CT molecular complexity index is 814. The summed E-state index contributed by atoms with van der Waals surface area (Å²) in [6.07, 6.45) is 3.85. The Morgan fingerprint density at radius 3 is 2.92 bits per heavy atom. The Kier molecular flexibility index (Phi) is 8.30. The van der Waals surface area contributed by atoms with E-state index in [1.165, 1.54) is 5.56 Å². The van der Waals surface area contributed by atoms with E-state index >= 15 is 0 Å². The summed E-state index contributed by atoms with van der Waals surface area (Å²) in [4.78, 5) is 4.29. The van der Waals surface area contributed by atoms with E-state index in [2.05, 4.69) is 49.6 Å². The second-order valence-electron chi connectivity index (χ2n) is 5.99. The summed E-state index contributed by atoms with van der Waals surface area (Å²) < 4.78 is 2.04. The molecule has 3 aromatic heterocycles. The largest absolute Gasteiger partial charge is 0.356 e. The number of hydrogen-bond donors (Lipinski definition) is 2. The van der Waals surface area contributed by atoms with Gasteiger partial charge in [0.1, 0.15) is 5.82 Å². The summed E-state index contributed by atoms with van der Waals surface area (Å²) in [5.74, 6) is 2.30. The summed E-state index contributed by atoms with van der Waals surface area (Å²) in [6, 6.07) is 8.12. The van der Waals surface area contributed by atoms with E-state index in [0.717, 1.165) is 43.4 Å². The minimum absolute atomic E-state index is 0. The number of fused-ring (bicyclic) bond motifs is 1. The van der Waals surface area contributed by atoms with Crippen molar-refractivity contribution in [1.29, 1.82) is 0 Å². The Hall–Kier alpha value is -1.68. The molecule has 6 nitrogen and oxygen atoms in total. The molecular weight excluding hydrogens is 459 g/mol. The molecule has 0 aliphatic heterocycles. The van der Waals surface area contributed by atoms with E-state index in [1.54, 1.807) is 18.4 Å².